The third-order valence-electron chi connectivity index (χ3n) is 3.12. The molecule has 3 rings (SSSR count). The Hall–Kier alpha value is -2.82. The number of nitrogens with one attached hydrogen (secondary N) is 2. The van der Waals surface area contributed by atoms with E-state index in [4.69, 9.17) is 4.74 Å². The lowest BCUT2D eigenvalue weighted by Gasteiger charge is -2.07. The SMILES string of the molecule is CCOc1ccc(NC(=O)c2cccc3[nH]cnc23)cc1. The maximum Gasteiger partial charge on any atom is 0.257 e. The van der Waals surface area contributed by atoms with Gasteiger partial charge in [-0.05, 0) is 43.3 Å². The number of aromatic nitrogens is 2. The van der Waals surface area contributed by atoms with Crippen molar-refractivity contribution in [2.24, 2.45) is 0 Å². The number of carbonyl (C=O) groups excluding carboxylic acids is 1. The smallest absolute Gasteiger partial charge is 0.257 e. The number of aromatic amines is 1. The van der Waals surface area contributed by atoms with Gasteiger partial charge in [0.25, 0.3) is 5.91 Å². The number of para-hydroxylation sites is 1. The first kappa shape index (κ1) is 13.2. The highest BCUT2D eigenvalue weighted by Gasteiger charge is 2.11. The number of benzene rings is 2. The van der Waals surface area contributed by atoms with Crippen LogP contribution in [0.15, 0.2) is 48.8 Å². The van der Waals surface area contributed by atoms with Crippen LogP contribution < -0.4 is 10.1 Å². The molecular formula is C16H15N3O2. The van der Waals surface area contributed by atoms with Crippen LogP contribution in [0.2, 0.25) is 0 Å². The lowest BCUT2D eigenvalue weighted by atomic mass is 10.1. The van der Waals surface area contributed by atoms with Gasteiger partial charge in [-0.2, -0.15) is 0 Å². The van der Waals surface area contributed by atoms with Crippen molar-refractivity contribution in [3.63, 3.8) is 0 Å². The summed E-state index contributed by atoms with van der Waals surface area (Å²) in [6.07, 6.45) is 1.58. The monoisotopic (exact) mass is 281 g/mol. The number of anilines is 1. The van der Waals surface area contributed by atoms with Crippen molar-refractivity contribution in [1.29, 1.82) is 0 Å². The minimum absolute atomic E-state index is 0.183. The molecule has 0 bridgehead atoms. The van der Waals surface area contributed by atoms with Gasteiger partial charge in [0, 0.05) is 5.69 Å². The van der Waals surface area contributed by atoms with E-state index in [1.807, 2.05) is 43.3 Å². The molecule has 1 heterocycles. The van der Waals surface area contributed by atoms with Gasteiger partial charge in [-0.15, -0.1) is 0 Å². The highest BCUT2D eigenvalue weighted by atomic mass is 16.5. The van der Waals surface area contributed by atoms with Crippen molar-refractivity contribution in [3.05, 3.63) is 54.4 Å². The Kier molecular flexibility index (Phi) is 3.55. The lowest BCUT2D eigenvalue weighted by molar-refractivity contribution is 0.102. The maximum absolute atomic E-state index is 12.3. The summed E-state index contributed by atoms with van der Waals surface area (Å²) < 4.78 is 5.37. The molecule has 0 aliphatic heterocycles. The summed E-state index contributed by atoms with van der Waals surface area (Å²) in [6.45, 7) is 2.55. The molecule has 106 valence electrons. The quantitative estimate of drug-likeness (QED) is 0.771. The molecule has 2 aromatic carbocycles. The molecule has 0 saturated heterocycles. The van der Waals surface area contributed by atoms with E-state index in [0.717, 1.165) is 17.0 Å². The Labute approximate surface area is 122 Å². The molecule has 5 nitrogen and oxygen atoms in total. The zero-order chi connectivity index (χ0) is 14.7. The van der Waals surface area contributed by atoms with E-state index in [2.05, 4.69) is 15.3 Å². The summed E-state index contributed by atoms with van der Waals surface area (Å²) in [5.41, 5.74) is 2.77. The molecule has 0 spiro atoms. The topological polar surface area (TPSA) is 67.0 Å². The maximum atomic E-state index is 12.3. The number of ether oxygens (including phenoxy) is 1. The zero-order valence-corrected chi connectivity index (χ0v) is 11.6. The second-order valence-electron chi connectivity index (χ2n) is 4.52. The number of amides is 1. The molecule has 1 amide bonds. The van der Waals surface area contributed by atoms with Crippen LogP contribution in [0.3, 0.4) is 0 Å². The number of fused-ring (bicyclic) bond motifs is 1. The van der Waals surface area contributed by atoms with Crippen LogP contribution in [-0.2, 0) is 0 Å². The van der Waals surface area contributed by atoms with Gasteiger partial charge < -0.3 is 15.0 Å². The van der Waals surface area contributed by atoms with Crippen molar-refractivity contribution >= 4 is 22.6 Å². The van der Waals surface area contributed by atoms with Gasteiger partial charge in [-0.25, -0.2) is 4.98 Å². The Bertz CT molecular complexity index is 763. The first-order chi connectivity index (χ1) is 10.3. The van der Waals surface area contributed by atoms with Crippen LogP contribution in [0.25, 0.3) is 11.0 Å². The molecule has 3 aromatic rings. The minimum Gasteiger partial charge on any atom is -0.494 e. The van der Waals surface area contributed by atoms with Gasteiger partial charge >= 0.3 is 0 Å². The second-order valence-corrected chi connectivity index (χ2v) is 4.52. The Balaban J connectivity index is 1.81. The Morgan fingerprint density at radius 1 is 1.24 bits per heavy atom. The highest BCUT2D eigenvalue weighted by Crippen LogP contribution is 2.19. The number of rotatable bonds is 4. The fourth-order valence-corrected chi connectivity index (χ4v) is 2.15. The van der Waals surface area contributed by atoms with Gasteiger partial charge in [-0.3, -0.25) is 4.79 Å². The fraction of sp³-hybridized carbons (Fsp3) is 0.125. The molecule has 0 radical (unpaired) electrons. The Morgan fingerprint density at radius 3 is 2.81 bits per heavy atom. The third-order valence-corrected chi connectivity index (χ3v) is 3.12. The average molecular weight is 281 g/mol. The van der Waals surface area contributed by atoms with Crippen molar-refractivity contribution in [2.75, 3.05) is 11.9 Å². The lowest BCUT2D eigenvalue weighted by Crippen LogP contribution is -2.12. The van der Waals surface area contributed by atoms with Gasteiger partial charge in [-0.1, -0.05) is 6.07 Å². The largest absolute Gasteiger partial charge is 0.494 e. The van der Waals surface area contributed by atoms with Crippen molar-refractivity contribution < 1.29 is 9.53 Å². The fourth-order valence-electron chi connectivity index (χ4n) is 2.15. The summed E-state index contributed by atoms with van der Waals surface area (Å²) in [7, 11) is 0. The van der Waals surface area contributed by atoms with Crippen molar-refractivity contribution in [2.45, 2.75) is 6.92 Å². The summed E-state index contributed by atoms with van der Waals surface area (Å²) in [6, 6.07) is 12.8. The first-order valence-electron chi connectivity index (χ1n) is 6.74. The molecule has 2 N–H and O–H groups in total. The summed E-state index contributed by atoms with van der Waals surface area (Å²) in [4.78, 5) is 19.5. The number of hydrogen-bond donors (Lipinski definition) is 2. The molecule has 0 saturated carbocycles. The van der Waals surface area contributed by atoms with Gasteiger partial charge in [0.05, 0.1) is 24.0 Å². The van der Waals surface area contributed by atoms with Crippen molar-refractivity contribution in [1.82, 2.24) is 9.97 Å². The number of hydrogen-bond acceptors (Lipinski definition) is 3. The van der Waals surface area contributed by atoms with Crippen LogP contribution >= 0.6 is 0 Å². The van der Waals surface area contributed by atoms with E-state index in [0.29, 0.717) is 17.7 Å². The van der Waals surface area contributed by atoms with Gasteiger partial charge in [0.1, 0.15) is 11.3 Å². The molecule has 0 fully saturated rings. The van der Waals surface area contributed by atoms with Crippen LogP contribution in [0.4, 0.5) is 5.69 Å². The van der Waals surface area contributed by atoms with E-state index >= 15 is 0 Å². The number of H-pyrrole nitrogens is 1. The number of nitrogens with zero attached hydrogens (tertiary/aromatic N) is 1. The molecular weight excluding hydrogens is 266 g/mol. The van der Waals surface area contributed by atoms with Gasteiger partial charge in [0.2, 0.25) is 0 Å². The average Bonchev–Trinajstić information content (AvgIpc) is 2.98. The van der Waals surface area contributed by atoms with Crippen LogP contribution in [-0.4, -0.2) is 22.5 Å². The zero-order valence-electron chi connectivity index (χ0n) is 11.6. The van der Waals surface area contributed by atoms with E-state index in [1.54, 1.807) is 12.4 Å². The van der Waals surface area contributed by atoms with Gasteiger partial charge in [0.15, 0.2) is 0 Å². The van der Waals surface area contributed by atoms with Crippen LogP contribution in [0.1, 0.15) is 17.3 Å². The highest BCUT2D eigenvalue weighted by molar-refractivity contribution is 6.11. The van der Waals surface area contributed by atoms with E-state index in [9.17, 15) is 4.79 Å². The third kappa shape index (κ3) is 2.72. The van der Waals surface area contributed by atoms with E-state index in [1.165, 1.54) is 0 Å². The normalized spacial score (nSPS) is 10.5. The second kappa shape index (κ2) is 5.66. The molecule has 0 atom stereocenters. The predicted octanol–water partition coefficient (Wildman–Crippen LogP) is 3.21. The van der Waals surface area contributed by atoms with E-state index < -0.39 is 0 Å². The molecule has 21 heavy (non-hydrogen) atoms. The summed E-state index contributed by atoms with van der Waals surface area (Å²) in [5, 5.41) is 2.86. The predicted molar refractivity (Wildman–Crippen MR) is 81.7 cm³/mol. The van der Waals surface area contributed by atoms with Crippen LogP contribution in [0.5, 0.6) is 5.75 Å². The number of carbonyl (C=O) groups is 1. The standard InChI is InChI=1S/C16H15N3O2/c1-2-21-12-8-6-11(7-9-12)19-16(20)13-4-3-5-14-15(13)18-10-17-14/h3-10H,2H2,1H3,(H,17,18)(H,19,20). The van der Waals surface area contributed by atoms with Crippen molar-refractivity contribution in [3.8, 4) is 5.75 Å². The van der Waals surface area contributed by atoms with E-state index in [-0.39, 0.29) is 5.91 Å². The Morgan fingerprint density at radius 2 is 2.05 bits per heavy atom. The van der Waals surface area contributed by atoms with Crippen LogP contribution in [0, 0.1) is 0 Å². The molecule has 0 aliphatic carbocycles. The number of imidazole rings is 1. The molecule has 5 heteroatoms. The minimum atomic E-state index is -0.183. The molecule has 1 aromatic heterocycles. The first-order valence-corrected chi connectivity index (χ1v) is 6.74. The molecule has 0 aliphatic rings. The molecule has 0 unspecified atom stereocenters. The summed E-state index contributed by atoms with van der Waals surface area (Å²) in [5.74, 6) is 0.599. The summed E-state index contributed by atoms with van der Waals surface area (Å²) >= 11 is 0.